The number of hydrogen-bond donors (Lipinski definition) is 1. The largest absolute Gasteiger partial charge is 0.457 e. The number of para-hydroxylation sites is 1. The number of benzene rings is 4. The highest BCUT2D eigenvalue weighted by Gasteiger charge is 2.27. The normalized spacial score (nSPS) is 11.3. The van der Waals surface area contributed by atoms with Crippen molar-refractivity contribution in [3.05, 3.63) is 119 Å². The lowest BCUT2D eigenvalue weighted by Gasteiger charge is -2.22. The summed E-state index contributed by atoms with van der Waals surface area (Å²) in [6.45, 7) is -0.442. The van der Waals surface area contributed by atoms with E-state index in [1.54, 1.807) is 48.5 Å². The van der Waals surface area contributed by atoms with Gasteiger partial charge < -0.3 is 10.1 Å². The van der Waals surface area contributed by atoms with Crippen molar-refractivity contribution in [2.45, 2.75) is 11.4 Å². The fourth-order valence-electron chi connectivity index (χ4n) is 3.41. The molecular weight excluding hydrogens is 519 g/mol. The Morgan fingerprint density at radius 2 is 1.44 bits per heavy atom. The van der Waals surface area contributed by atoms with Crippen LogP contribution in [0.5, 0.6) is 11.5 Å². The summed E-state index contributed by atoms with van der Waals surface area (Å²) in [7, 11) is -4.01. The highest BCUT2D eigenvalue weighted by atomic mass is 35.5. The molecule has 1 amide bonds. The quantitative estimate of drug-likeness (QED) is 0.259. The number of nitrogens with one attached hydrogen (secondary N) is 1. The number of rotatable bonds is 9. The number of halogens is 2. The average molecular weight is 541 g/mol. The molecule has 4 rings (SSSR count). The number of nitrogens with zero attached hydrogens (tertiary/aromatic N) is 1. The summed E-state index contributed by atoms with van der Waals surface area (Å²) >= 11 is 12.0. The molecule has 36 heavy (non-hydrogen) atoms. The van der Waals surface area contributed by atoms with E-state index >= 15 is 0 Å². The molecule has 4 aromatic carbocycles. The number of sulfonamides is 1. The molecule has 0 aliphatic carbocycles. The Labute approximate surface area is 220 Å². The van der Waals surface area contributed by atoms with E-state index in [4.69, 9.17) is 27.9 Å². The van der Waals surface area contributed by atoms with Crippen molar-refractivity contribution < 1.29 is 17.9 Å². The van der Waals surface area contributed by atoms with Gasteiger partial charge in [-0.1, -0.05) is 53.5 Å². The first kappa shape index (κ1) is 25.7. The van der Waals surface area contributed by atoms with Gasteiger partial charge in [0.05, 0.1) is 11.4 Å². The molecule has 9 heteroatoms. The third kappa shape index (κ3) is 6.86. The lowest BCUT2D eigenvalue weighted by molar-refractivity contribution is -0.116. The van der Waals surface area contributed by atoms with Crippen molar-refractivity contribution in [3.63, 3.8) is 0 Å². The van der Waals surface area contributed by atoms with Crippen LogP contribution < -0.4 is 10.1 Å². The van der Waals surface area contributed by atoms with E-state index in [0.29, 0.717) is 32.8 Å². The zero-order valence-electron chi connectivity index (χ0n) is 19.0. The summed E-state index contributed by atoms with van der Waals surface area (Å²) in [4.78, 5) is 12.9. The molecule has 0 bridgehead atoms. The fraction of sp³-hybridized carbons (Fsp3) is 0.0741. The van der Waals surface area contributed by atoms with E-state index in [0.717, 1.165) is 4.31 Å². The van der Waals surface area contributed by atoms with E-state index < -0.39 is 22.5 Å². The molecule has 0 radical (unpaired) electrons. The Morgan fingerprint density at radius 3 is 2.11 bits per heavy atom. The number of amides is 1. The van der Waals surface area contributed by atoms with Crippen molar-refractivity contribution in [2.75, 3.05) is 11.9 Å². The zero-order chi connectivity index (χ0) is 25.5. The Balaban J connectivity index is 1.50. The van der Waals surface area contributed by atoms with Crippen LogP contribution in [0.1, 0.15) is 5.56 Å². The Kier molecular flexibility index (Phi) is 8.28. The molecule has 0 heterocycles. The van der Waals surface area contributed by atoms with Crippen LogP contribution in [0.15, 0.2) is 108 Å². The van der Waals surface area contributed by atoms with Crippen molar-refractivity contribution in [1.29, 1.82) is 0 Å². The van der Waals surface area contributed by atoms with Crippen molar-refractivity contribution >= 4 is 44.8 Å². The molecule has 6 nitrogen and oxygen atoms in total. The third-order valence-corrected chi connectivity index (χ3v) is 7.43. The Hall–Kier alpha value is -3.36. The second-order valence-electron chi connectivity index (χ2n) is 7.84. The SMILES string of the molecule is O=C(CN(Cc1cccc(Cl)c1)S(=O)(=O)c1ccc(Cl)cc1)Nc1ccc(Oc2ccccc2)cc1. The van der Waals surface area contributed by atoms with Gasteiger partial charge in [-0.2, -0.15) is 4.31 Å². The molecular formula is C27H22Cl2N2O4S. The van der Waals surface area contributed by atoms with Crippen LogP contribution in [0.2, 0.25) is 10.0 Å². The van der Waals surface area contributed by atoms with Crippen LogP contribution >= 0.6 is 23.2 Å². The van der Waals surface area contributed by atoms with E-state index in [-0.39, 0.29) is 11.4 Å². The van der Waals surface area contributed by atoms with Gasteiger partial charge in [0, 0.05) is 22.3 Å². The lowest BCUT2D eigenvalue weighted by atomic mass is 10.2. The van der Waals surface area contributed by atoms with Gasteiger partial charge in [-0.05, 0) is 78.4 Å². The number of anilines is 1. The summed E-state index contributed by atoms with van der Waals surface area (Å²) < 4.78 is 33.6. The van der Waals surface area contributed by atoms with Crippen LogP contribution in [0, 0.1) is 0 Å². The van der Waals surface area contributed by atoms with E-state index in [1.807, 2.05) is 30.3 Å². The van der Waals surface area contributed by atoms with Gasteiger partial charge in [-0.15, -0.1) is 0 Å². The first-order valence-corrected chi connectivity index (χ1v) is 13.1. The fourth-order valence-corrected chi connectivity index (χ4v) is 5.14. The zero-order valence-corrected chi connectivity index (χ0v) is 21.3. The highest BCUT2D eigenvalue weighted by Crippen LogP contribution is 2.24. The molecule has 0 spiro atoms. The molecule has 0 saturated carbocycles. The topological polar surface area (TPSA) is 75.7 Å². The van der Waals surface area contributed by atoms with Gasteiger partial charge in [-0.3, -0.25) is 4.79 Å². The molecule has 0 unspecified atom stereocenters. The smallest absolute Gasteiger partial charge is 0.243 e. The van der Waals surface area contributed by atoms with Crippen LogP contribution in [-0.4, -0.2) is 25.2 Å². The molecule has 0 fully saturated rings. The van der Waals surface area contributed by atoms with Crippen molar-refractivity contribution in [3.8, 4) is 11.5 Å². The summed E-state index contributed by atoms with van der Waals surface area (Å²) in [5.41, 5.74) is 1.15. The lowest BCUT2D eigenvalue weighted by Crippen LogP contribution is -2.37. The van der Waals surface area contributed by atoms with Crippen LogP contribution in [0.3, 0.4) is 0 Å². The van der Waals surface area contributed by atoms with Gasteiger partial charge >= 0.3 is 0 Å². The minimum Gasteiger partial charge on any atom is -0.457 e. The summed E-state index contributed by atoms with van der Waals surface area (Å²) in [5.74, 6) is 0.803. The maximum absolute atomic E-state index is 13.4. The molecule has 184 valence electrons. The van der Waals surface area contributed by atoms with Crippen molar-refractivity contribution in [1.82, 2.24) is 4.31 Å². The Morgan fingerprint density at radius 1 is 0.778 bits per heavy atom. The first-order valence-electron chi connectivity index (χ1n) is 10.9. The van der Waals surface area contributed by atoms with Gasteiger partial charge in [-0.25, -0.2) is 8.42 Å². The molecule has 1 N–H and O–H groups in total. The van der Waals surface area contributed by atoms with Gasteiger partial charge in [0.15, 0.2) is 0 Å². The van der Waals surface area contributed by atoms with Crippen LogP contribution in [0.25, 0.3) is 0 Å². The first-order chi connectivity index (χ1) is 17.3. The van der Waals surface area contributed by atoms with Crippen molar-refractivity contribution in [2.24, 2.45) is 0 Å². The molecule has 0 aliphatic rings. The average Bonchev–Trinajstić information content (AvgIpc) is 2.86. The number of carbonyl (C=O) groups is 1. The second-order valence-corrected chi connectivity index (χ2v) is 10.7. The van der Waals surface area contributed by atoms with Crippen LogP contribution in [-0.2, 0) is 21.4 Å². The van der Waals surface area contributed by atoms with Gasteiger partial charge in [0.2, 0.25) is 15.9 Å². The van der Waals surface area contributed by atoms with E-state index in [2.05, 4.69) is 5.32 Å². The number of ether oxygens (including phenoxy) is 1. The predicted octanol–water partition coefficient (Wildman–Crippen LogP) is 6.62. The maximum atomic E-state index is 13.4. The van der Waals surface area contributed by atoms with E-state index in [1.165, 1.54) is 24.3 Å². The monoisotopic (exact) mass is 540 g/mol. The minimum absolute atomic E-state index is 0.0316. The molecule has 0 aliphatic heterocycles. The molecule has 0 saturated heterocycles. The number of hydrogen-bond acceptors (Lipinski definition) is 4. The maximum Gasteiger partial charge on any atom is 0.243 e. The van der Waals surface area contributed by atoms with Gasteiger partial charge in [0.1, 0.15) is 11.5 Å². The van der Waals surface area contributed by atoms with Gasteiger partial charge in [0.25, 0.3) is 0 Å². The third-order valence-electron chi connectivity index (χ3n) is 5.14. The second kappa shape index (κ2) is 11.6. The molecule has 0 atom stereocenters. The summed E-state index contributed by atoms with van der Waals surface area (Å²) in [5, 5.41) is 3.63. The van der Waals surface area contributed by atoms with E-state index in [9.17, 15) is 13.2 Å². The number of carbonyl (C=O) groups excluding carboxylic acids is 1. The predicted molar refractivity (Wildman–Crippen MR) is 142 cm³/mol. The standard InChI is InChI=1S/C27H22Cl2N2O4S/c28-21-9-15-26(16-10-21)36(33,34)31(18-20-5-4-6-22(29)17-20)19-27(32)30-23-11-13-25(14-12-23)35-24-7-2-1-3-8-24/h1-17H,18-19H2,(H,30,32). The minimum atomic E-state index is -4.01. The molecule has 0 aromatic heterocycles. The Bertz CT molecular complexity index is 1430. The summed E-state index contributed by atoms with van der Waals surface area (Å²) in [6.07, 6.45) is 0. The van der Waals surface area contributed by atoms with Crippen LogP contribution in [0.4, 0.5) is 5.69 Å². The summed E-state index contributed by atoms with van der Waals surface area (Å²) in [6, 6.07) is 28.8. The highest BCUT2D eigenvalue weighted by molar-refractivity contribution is 7.89. The molecule has 4 aromatic rings.